The molecule has 5 nitrogen and oxygen atoms in total. The number of halogens is 2. The predicted octanol–water partition coefficient (Wildman–Crippen LogP) is 5.28. The van der Waals surface area contributed by atoms with E-state index in [4.69, 9.17) is 27.9 Å². The van der Waals surface area contributed by atoms with Gasteiger partial charge in [0.25, 0.3) is 0 Å². The molecule has 0 aliphatic heterocycles. The van der Waals surface area contributed by atoms with E-state index in [0.29, 0.717) is 27.6 Å². The van der Waals surface area contributed by atoms with Gasteiger partial charge in [-0.25, -0.2) is 4.98 Å². The summed E-state index contributed by atoms with van der Waals surface area (Å²) in [5.74, 6) is 1.73. The van der Waals surface area contributed by atoms with Crippen molar-refractivity contribution in [2.45, 2.75) is 0 Å². The van der Waals surface area contributed by atoms with E-state index in [1.165, 1.54) is 0 Å². The van der Waals surface area contributed by atoms with Gasteiger partial charge in [0.1, 0.15) is 11.6 Å². The normalized spacial score (nSPS) is 10.3. The maximum Gasteiger partial charge on any atom is 0.229 e. The van der Waals surface area contributed by atoms with Crippen molar-refractivity contribution in [3.63, 3.8) is 0 Å². The summed E-state index contributed by atoms with van der Waals surface area (Å²) < 4.78 is 5.13. The lowest BCUT2D eigenvalue weighted by molar-refractivity contribution is 0.415. The van der Waals surface area contributed by atoms with E-state index in [9.17, 15) is 0 Å². The molecule has 0 unspecified atom stereocenters. The molecule has 0 amide bonds. The first-order valence-electron chi connectivity index (χ1n) is 7.10. The number of hydrogen-bond acceptors (Lipinski definition) is 5. The van der Waals surface area contributed by atoms with Crippen molar-refractivity contribution in [3.05, 3.63) is 64.8 Å². The lowest BCUT2D eigenvalue weighted by Gasteiger charge is -2.10. The Morgan fingerprint density at radius 2 is 1.67 bits per heavy atom. The van der Waals surface area contributed by atoms with E-state index in [1.54, 1.807) is 31.5 Å². The van der Waals surface area contributed by atoms with Crippen LogP contribution in [0.2, 0.25) is 10.0 Å². The first-order valence-corrected chi connectivity index (χ1v) is 7.86. The maximum atomic E-state index is 6.12. The van der Waals surface area contributed by atoms with Crippen LogP contribution in [0.1, 0.15) is 0 Å². The summed E-state index contributed by atoms with van der Waals surface area (Å²) in [5.41, 5.74) is 1.65. The average molecular weight is 361 g/mol. The quantitative estimate of drug-likeness (QED) is 0.648. The predicted molar refractivity (Wildman–Crippen MR) is 98.1 cm³/mol. The maximum absolute atomic E-state index is 6.12. The minimum atomic E-state index is 0.454. The molecule has 0 aliphatic carbocycles. The number of rotatable bonds is 5. The van der Waals surface area contributed by atoms with Gasteiger partial charge in [0, 0.05) is 22.6 Å². The van der Waals surface area contributed by atoms with Crippen molar-refractivity contribution in [2.75, 3.05) is 17.7 Å². The second kappa shape index (κ2) is 7.38. The monoisotopic (exact) mass is 360 g/mol. The number of ether oxygens (including phenoxy) is 1. The molecule has 3 rings (SSSR count). The first kappa shape index (κ1) is 16.4. The van der Waals surface area contributed by atoms with Gasteiger partial charge in [-0.15, -0.1) is 0 Å². The fraction of sp³-hybridized carbons (Fsp3) is 0.0588. The van der Waals surface area contributed by atoms with Gasteiger partial charge in [0.05, 0.1) is 12.1 Å². The van der Waals surface area contributed by atoms with Crippen LogP contribution in [-0.4, -0.2) is 17.1 Å². The third-order valence-corrected chi connectivity index (χ3v) is 3.73. The van der Waals surface area contributed by atoms with E-state index in [0.717, 1.165) is 11.4 Å². The number of nitrogens with zero attached hydrogens (tertiary/aromatic N) is 2. The Kier molecular flexibility index (Phi) is 5.03. The van der Waals surface area contributed by atoms with E-state index in [-0.39, 0.29) is 0 Å². The van der Waals surface area contributed by atoms with Crippen molar-refractivity contribution in [1.82, 2.24) is 9.97 Å². The number of methoxy groups -OCH3 is 1. The Hall–Kier alpha value is -2.50. The summed E-state index contributed by atoms with van der Waals surface area (Å²) in [5, 5.41) is 7.49. The summed E-state index contributed by atoms with van der Waals surface area (Å²) >= 11 is 12.0. The topological polar surface area (TPSA) is 59.1 Å². The molecule has 1 aromatic heterocycles. The van der Waals surface area contributed by atoms with E-state index >= 15 is 0 Å². The second-order valence-electron chi connectivity index (χ2n) is 4.87. The number of nitrogens with one attached hydrogen (secondary N) is 2. The largest absolute Gasteiger partial charge is 0.495 e. The highest BCUT2D eigenvalue weighted by Crippen LogP contribution is 2.28. The lowest BCUT2D eigenvalue weighted by Crippen LogP contribution is -2.00. The highest BCUT2D eigenvalue weighted by molar-refractivity contribution is 6.32. The average Bonchev–Trinajstić information content (AvgIpc) is 2.58. The molecule has 0 spiro atoms. The van der Waals surface area contributed by atoms with E-state index < -0.39 is 0 Å². The molecule has 0 saturated carbocycles. The minimum absolute atomic E-state index is 0.454. The van der Waals surface area contributed by atoms with Gasteiger partial charge >= 0.3 is 0 Å². The SMILES string of the molecule is COc1ccc(Nc2nccc(Nc3ccc(Cl)cc3)n2)cc1Cl. The van der Waals surface area contributed by atoms with Crippen molar-refractivity contribution in [1.29, 1.82) is 0 Å². The molecule has 0 saturated heterocycles. The van der Waals surface area contributed by atoms with Gasteiger partial charge in [-0.2, -0.15) is 4.98 Å². The van der Waals surface area contributed by atoms with Crippen LogP contribution in [0, 0.1) is 0 Å². The van der Waals surface area contributed by atoms with Crippen LogP contribution < -0.4 is 15.4 Å². The van der Waals surface area contributed by atoms with Crippen LogP contribution in [0.25, 0.3) is 0 Å². The van der Waals surface area contributed by atoms with Gasteiger partial charge in [-0.05, 0) is 48.5 Å². The molecule has 2 N–H and O–H groups in total. The third kappa shape index (κ3) is 4.07. The molecule has 0 radical (unpaired) electrons. The molecule has 0 fully saturated rings. The first-order chi connectivity index (χ1) is 11.6. The molecule has 24 heavy (non-hydrogen) atoms. The second-order valence-corrected chi connectivity index (χ2v) is 5.72. The van der Waals surface area contributed by atoms with Crippen LogP contribution in [0.3, 0.4) is 0 Å². The Bertz CT molecular complexity index is 840. The Balaban J connectivity index is 1.75. The number of anilines is 4. The number of hydrogen-bond donors (Lipinski definition) is 2. The molecule has 122 valence electrons. The van der Waals surface area contributed by atoms with Crippen LogP contribution >= 0.6 is 23.2 Å². The van der Waals surface area contributed by atoms with Crippen LogP contribution in [0.15, 0.2) is 54.7 Å². The zero-order valence-corrected chi connectivity index (χ0v) is 14.3. The highest BCUT2D eigenvalue weighted by atomic mass is 35.5. The molecule has 1 heterocycles. The summed E-state index contributed by atoms with van der Waals surface area (Å²) in [6, 6.07) is 14.5. The number of aromatic nitrogens is 2. The van der Waals surface area contributed by atoms with Crippen molar-refractivity contribution >= 4 is 46.3 Å². The van der Waals surface area contributed by atoms with Crippen molar-refractivity contribution in [2.24, 2.45) is 0 Å². The van der Waals surface area contributed by atoms with Crippen molar-refractivity contribution < 1.29 is 4.74 Å². The summed E-state index contributed by atoms with van der Waals surface area (Å²) in [6.45, 7) is 0. The molecular weight excluding hydrogens is 347 g/mol. The van der Waals surface area contributed by atoms with E-state index in [1.807, 2.05) is 30.3 Å². The third-order valence-electron chi connectivity index (χ3n) is 3.18. The highest BCUT2D eigenvalue weighted by Gasteiger charge is 2.04. The molecule has 0 atom stereocenters. The molecule has 2 aromatic carbocycles. The number of benzene rings is 2. The fourth-order valence-corrected chi connectivity index (χ4v) is 2.43. The van der Waals surface area contributed by atoms with Gasteiger partial charge in [-0.1, -0.05) is 23.2 Å². The summed E-state index contributed by atoms with van der Waals surface area (Å²) in [6.07, 6.45) is 1.67. The summed E-state index contributed by atoms with van der Waals surface area (Å²) in [4.78, 5) is 8.62. The molecular formula is C17H14Cl2N4O. The minimum Gasteiger partial charge on any atom is -0.495 e. The Morgan fingerprint density at radius 1 is 0.917 bits per heavy atom. The van der Waals surface area contributed by atoms with Crippen LogP contribution in [0.5, 0.6) is 5.75 Å². The molecule has 3 aromatic rings. The smallest absolute Gasteiger partial charge is 0.229 e. The molecule has 0 bridgehead atoms. The van der Waals surface area contributed by atoms with Gasteiger partial charge in [0.15, 0.2) is 0 Å². The standard InChI is InChI=1S/C17H14Cl2N4O/c1-24-15-7-6-13(10-14(15)19)22-17-20-9-8-16(23-17)21-12-4-2-11(18)3-5-12/h2-10H,1H3,(H2,20,21,22,23). The van der Waals surface area contributed by atoms with Crippen LogP contribution in [-0.2, 0) is 0 Å². The zero-order valence-electron chi connectivity index (χ0n) is 12.8. The Morgan fingerprint density at radius 3 is 2.38 bits per heavy atom. The Labute approximate surface area is 149 Å². The zero-order chi connectivity index (χ0) is 16.9. The summed E-state index contributed by atoms with van der Waals surface area (Å²) in [7, 11) is 1.57. The molecule has 0 aliphatic rings. The van der Waals surface area contributed by atoms with Gasteiger partial charge in [0.2, 0.25) is 5.95 Å². The lowest BCUT2D eigenvalue weighted by atomic mass is 10.3. The fourth-order valence-electron chi connectivity index (χ4n) is 2.04. The van der Waals surface area contributed by atoms with Crippen LogP contribution in [0.4, 0.5) is 23.1 Å². The van der Waals surface area contributed by atoms with Crippen molar-refractivity contribution in [3.8, 4) is 5.75 Å². The van der Waals surface area contributed by atoms with Gasteiger partial charge < -0.3 is 15.4 Å². The van der Waals surface area contributed by atoms with Gasteiger partial charge in [-0.3, -0.25) is 0 Å². The van der Waals surface area contributed by atoms with E-state index in [2.05, 4.69) is 20.6 Å². The molecule has 7 heteroatoms.